The Hall–Kier alpha value is -2.38. The summed E-state index contributed by atoms with van der Waals surface area (Å²) in [4.78, 5) is 0.227. The molecule has 7 heteroatoms. The molecule has 0 bridgehead atoms. The normalized spacial score (nSPS) is 13.1. The molecule has 0 unspecified atom stereocenters. The first-order chi connectivity index (χ1) is 11.8. The summed E-state index contributed by atoms with van der Waals surface area (Å²) in [5, 5.41) is 3.85. The molecule has 3 aromatic rings. The number of sulfonamides is 1. The summed E-state index contributed by atoms with van der Waals surface area (Å²) >= 11 is 0. The zero-order valence-electron chi connectivity index (χ0n) is 14.3. The van der Waals surface area contributed by atoms with Crippen molar-refractivity contribution in [2.24, 2.45) is 0 Å². The average Bonchev–Trinajstić information content (AvgIpc) is 3.18. The summed E-state index contributed by atoms with van der Waals surface area (Å²) in [6.07, 6.45) is 2.05. The Kier molecular flexibility index (Phi) is 4.78. The molecule has 132 valence electrons. The molecule has 0 aliphatic rings. The third-order valence-corrected chi connectivity index (χ3v) is 5.57. The fourth-order valence-electron chi connectivity index (χ4n) is 2.64. The first kappa shape index (κ1) is 17.4. The maximum Gasteiger partial charge on any atom is 0.241 e. The van der Waals surface area contributed by atoms with Crippen molar-refractivity contribution in [3.63, 3.8) is 0 Å². The monoisotopic (exact) mass is 360 g/mol. The van der Waals surface area contributed by atoms with Crippen LogP contribution in [-0.4, -0.2) is 19.6 Å². The van der Waals surface area contributed by atoms with Crippen LogP contribution in [0.3, 0.4) is 0 Å². The quantitative estimate of drug-likeness (QED) is 0.727. The molecule has 1 N–H and O–H groups in total. The van der Waals surface area contributed by atoms with Gasteiger partial charge in [0.05, 0.1) is 16.9 Å². The van der Waals surface area contributed by atoms with E-state index in [2.05, 4.69) is 9.88 Å². The van der Waals surface area contributed by atoms with Gasteiger partial charge in [-0.1, -0.05) is 17.3 Å². The molecular formula is C18H20N2O4S. The molecule has 0 saturated heterocycles. The lowest BCUT2D eigenvalue weighted by atomic mass is 10.1. The van der Waals surface area contributed by atoms with E-state index in [1.165, 1.54) is 0 Å². The first-order valence-corrected chi connectivity index (χ1v) is 9.42. The van der Waals surface area contributed by atoms with Crippen molar-refractivity contribution in [2.75, 3.05) is 0 Å². The molecule has 25 heavy (non-hydrogen) atoms. The Balaban J connectivity index is 1.86. The van der Waals surface area contributed by atoms with Gasteiger partial charge in [0.2, 0.25) is 10.0 Å². The molecule has 6 nitrogen and oxygen atoms in total. The van der Waals surface area contributed by atoms with Gasteiger partial charge in [-0.3, -0.25) is 0 Å². The summed E-state index contributed by atoms with van der Waals surface area (Å²) in [5.74, 6) is 1.27. The number of nitrogens with one attached hydrogen (secondary N) is 1. The van der Waals surface area contributed by atoms with Gasteiger partial charge >= 0.3 is 0 Å². The van der Waals surface area contributed by atoms with E-state index in [4.69, 9.17) is 8.94 Å². The third kappa shape index (κ3) is 4.00. The highest BCUT2D eigenvalue weighted by atomic mass is 32.2. The van der Waals surface area contributed by atoms with Crippen molar-refractivity contribution in [3.8, 4) is 11.3 Å². The van der Waals surface area contributed by atoms with Crippen LogP contribution in [0.15, 0.2) is 56.5 Å². The van der Waals surface area contributed by atoms with E-state index in [1.54, 1.807) is 44.4 Å². The fraction of sp³-hybridized carbons (Fsp3) is 0.278. The van der Waals surface area contributed by atoms with E-state index >= 15 is 0 Å². The van der Waals surface area contributed by atoms with Crippen LogP contribution in [0.2, 0.25) is 0 Å². The minimum absolute atomic E-state index is 0.227. The number of hydrogen-bond donors (Lipinski definition) is 1. The van der Waals surface area contributed by atoms with E-state index in [9.17, 15) is 8.42 Å². The van der Waals surface area contributed by atoms with Crippen molar-refractivity contribution < 1.29 is 17.4 Å². The zero-order chi connectivity index (χ0) is 18.0. The van der Waals surface area contributed by atoms with Crippen LogP contribution in [0.1, 0.15) is 23.9 Å². The van der Waals surface area contributed by atoms with Crippen molar-refractivity contribution >= 4 is 10.0 Å². The summed E-state index contributed by atoms with van der Waals surface area (Å²) in [7, 11) is -3.67. The molecule has 0 fully saturated rings. The van der Waals surface area contributed by atoms with Gasteiger partial charge in [0, 0.05) is 24.1 Å². The first-order valence-electron chi connectivity index (χ1n) is 7.94. The standard InChI is InChI=1S/C18H20N2O4S/c1-12-6-7-15(17-10-13(2)19-24-17)11-18(12)25(21,22)20-14(3)9-16-5-4-8-23-16/h4-8,10-11,14,20H,9H2,1-3H3/t14-/m0/s1. The maximum absolute atomic E-state index is 12.8. The van der Waals surface area contributed by atoms with Gasteiger partial charge < -0.3 is 8.94 Å². The number of aryl methyl sites for hydroxylation is 2. The highest BCUT2D eigenvalue weighted by Gasteiger charge is 2.21. The van der Waals surface area contributed by atoms with Crippen LogP contribution in [-0.2, 0) is 16.4 Å². The SMILES string of the molecule is Cc1cc(-c2ccc(C)c(S(=O)(=O)N[C@@H](C)Cc3ccco3)c2)on1. The van der Waals surface area contributed by atoms with E-state index in [1.807, 2.05) is 19.1 Å². The predicted molar refractivity (Wildman–Crippen MR) is 93.6 cm³/mol. The topological polar surface area (TPSA) is 85.3 Å². The van der Waals surface area contributed by atoms with E-state index in [0.29, 0.717) is 23.3 Å². The molecule has 3 rings (SSSR count). The van der Waals surface area contributed by atoms with Gasteiger partial charge in [0.25, 0.3) is 0 Å². The molecule has 0 amide bonds. The molecule has 0 aliphatic carbocycles. The number of rotatable bonds is 6. The number of aromatic nitrogens is 1. The summed E-state index contributed by atoms with van der Waals surface area (Å²) in [5.41, 5.74) is 2.08. The average molecular weight is 360 g/mol. The number of benzene rings is 1. The maximum atomic E-state index is 12.8. The fourth-order valence-corrected chi connectivity index (χ4v) is 4.16. The van der Waals surface area contributed by atoms with Crippen molar-refractivity contribution in [2.45, 2.75) is 38.1 Å². The van der Waals surface area contributed by atoms with Gasteiger partial charge in [-0.05, 0) is 44.5 Å². The Morgan fingerprint density at radius 2 is 2.00 bits per heavy atom. The predicted octanol–water partition coefficient (Wildman–Crippen LogP) is 3.46. The molecule has 1 aromatic carbocycles. The van der Waals surface area contributed by atoms with E-state index in [0.717, 1.165) is 11.5 Å². The lowest BCUT2D eigenvalue weighted by Crippen LogP contribution is -2.34. The second kappa shape index (κ2) is 6.85. The van der Waals surface area contributed by atoms with Crippen LogP contribution in [0.4, 0.5) is 0 Å². The highest BCUT2D eigenvalue weighted by molar-refractivity contribution is 7.89. The molecule has 0 aliphatic heterocycles. The van der Waals surface area contributed by atoms with Crippen LogP contribution >= 0.6 is 0 Å². The third-order valence-electron chi connectivity index (χ3n) is 3.83. The van der Waals surface area contributed by atoms with Crippen molar-refractivity contribution in [3.05, 3.63) is 59.7 Å². The Bertz CT molecular complexity index is 959. The van der Waals surface area contributed by atoms with Gasteiger partial charge in [-0.2, -0.15) is 0 Å². The zero-order valence-corrected chi connectivity index (χ0v) is 15.1. The van der Waals surface area contributed by atoms with Crippen LogP contribution in [0, 0.1) is 13.8 Å². The Morgan fingerprint density at radius 1 is 1.20 bits per heavy atom. The van der Waals surface area contributed by atoms with E-state index in [-0.39, 0.29) is 10.9 Å². The molecule has 2 heterocycles. The summed E-state index contributed by atoms with van der Waals surface area (Å²) < 4.78 is 38.8. The minimum atomic E-state index is -3.67. The Labute approximate surface area is 146 Å². The minimum Gasteiger partial charge on any atom is -0.469 e. The van der Waals surface area contributed by atoms with Gasteiger partial charge in [-0.15, -0.1) is 0 Å². The molecule has 0 spiro atoms. The number of furan rings is 1. The number of hydrogen-bond acceptors (Lipinski definition) is 5. The molecule has 1 atom stereocenters. The highest BCUT2D eigenvalue weighted by Crippen LogP contribution is 2.26. The molecular weight excluding hydrogens is 340 g/mol. The molecule has 0 saturated carbocycles. The molecule has 0 radical (unpaired) electrons. The smallest absolute Gasteiger partial charge is 0.241 e. The number of nitrogens with zero attached hydrogens (tertiary/aromatic N) is 1. The summed E-state index contributed by atoms with van der Waals surface area (Å²) in [6, 6.07) is 10.3. The van der Waals surface area contributed by atoms with Crippen molar-refractivity contribution in [1.29, 1.82) is 0 Å². The largest absolute Gasteiger partial charge is 0.469 e. The second-order valence-corrected chi connectivity index (χ2v) is 7.80. The summed E-state index contributed by atoms with van der Waals surface area (Å²) in [6.45, 7) is 5.39. The van der Waals surface area contributed by atoms with E-state index < -0.39 is 10.0 Å². The van der Waals surface area contributed by atoms with Crippen LogP contribution in [0.25, 0.3) is 11.3 Å². The lowest BCUT2D eigenvalue weighted by Gasteiger charge is -2.15. The lowest BCUT2D eigenvalue weighted by molar-refractivity contribution is 0.427. The van der Waals surface area contributed by atoms with Crippen LogP contribution in [0.5, 0.6) is 0 Å². The van der Waals surface area contributed by atoms with Crippen molar-refractivity contribution in [1.82, 2.24) is 9.88 Å². The van der Waals surface area contributed by atoms with Gasteiger partial charge in [0.1, 0.15) is 5.76 Å². The van der Waals surface area contributed by atoms with Gasteiger partial charge in [0.15, 0.2) is 5.76 Å². The van der Waals surface area contributed by atoms with Gasteiger partial charge in [-0.25, -0.2) is 13.1 Å². The second-order valence-electron chi connectivity index (χ2n) is 6.12. The Morgan fingerprint density at radius 3 is 2.64 bits per heavy atom. The van der Waals surface area contributed by atoms with Crippen LogP contribution < -0.4 is 4.72 Å². The molecule has 2 aromatic heterocycles.